The number of rotatable bonds is 5. The Morgan fingerprint density at radius 2 is 1.90 bits per heavy atom. The Kier molecular flexibility index (Phi) is 6.06. The molecule has 0 saturated carbocycles. The van der Waals surface area contributed by atoms with Gasteiger partial charge in [0.2, 0.25) is 5.91 Å². The van der Waals surface area contributed by atoms with Crippen LogP contribution < -0.4 is 5.32 Å². The number of nitrogens with one attached hydrogen (secondary N) is 1. The number of aryl methyl sites for hydroxylation is 1. The number of piperidine rings is 1. The summed E-state index contributed by atoms with van der Waals surface area (Å²) in [5.41, 5.74) is 3.18. The maximum Gasteiger partial charge on any atom is 0.320 e. The minimum atomic E-state index is -0.200. The smallest absolute Gasteiger partial charge is 0.320 e. The minimum absolute atomic E-state index is 0.0150. The molecule has 0 radical (unpaired) electrons. The number of carbonyl (C=O) groups is 2. The maximum atomic E-state index is 13.2. The SMILES string of the molecule is CCN(CC)C(=O)N1CCCC(C(=O)Nc2c3c(nn2-c2ccccc2)CCC3)C1. The molecule has 4 rings (SSSR count). The molecular weight excluding hydrogens is 378 g/mol. The molecule has 7 heteroatoms. The van der Waals surface area contributed by atoms with E-state index in [1.54, 1.807) is 0 Å². The summed E-state index contributed by atoms with van der Waals surface area (Å²) in [6, 6.07) is 9.97. The summed E-state index contributed by atoms with van der Waals surface area (Å²) in [5, 5.41) is 7.96. The molecule has 2 aromatic rings. The fourth-order valence-corrected chi connectivity index (χ4v) is 4.55. The van der Waals surface area contributed by atoms with Gasteiger partial charge in [-0.25, -0.2) is 9.48 Å². The van der Waals surface area contributed by atoms with Crippen molar-refractivity contribution in [3.05, 3.63) is 41.6 Å². The lowest BCUT2D eigenvalue weighted by atomic mass is 9.97. The van der Waals surface area contributed by atoms with E-state index in [1.165, 1.54) is 0 Å². The Labute approximate surface area is 178 Å². The van der Waals surface area contributed by atoms with Crippen molar-refractivity contribution in [1.29, 1.82) is 0 Å². The molecule has 1 unspecified atom stereocenters. The van der Waals surface area contributed by atoms with Crippen molar-refractivity contribution in [3.8, 4) is 5.69 Å². The number of aromatic nitrogens is 2. The highest BCUT2D eigenvalue weighted by molar-refractivity contribution is 5.93. The number of likely N-dealkylation sites (tertiary alicyclic amines) is 1. The van der Waals surface area contributed by atoms with E-state index in [-0.39, 0.29) is 17.9 Å². The van der Waals surface area contributed by atoms with E-state index in [0.29, 0.717) is 19.6 Å². The first-order valence-electron chi connectivity index (χ1n) is 11.1. The van der Waals surface area contributed by atoms with E-state index in [4.69, 9.17) is 5.10 Å². The Hall–Kier alpha value is -2.83. The average Bonchev–Trinajstić information content (AvgIpc) is 3.38. The van der Waals surface area contributed by atoms with Gasteiger partial charge in [-0.15, -0.1) is 0 Å². The molecular formula is C23H31N5O2. The van der Waals surface area contributed by atoms with Crippen LogP contribution in [0.15, 0.2) is 30.3 Å². The molecule has 2 heterocycles. The van der Waals surface area contributed by atoms with Gasteiger partial charge in [0, 0.05) is 31.7 Å². The van der Waals surface area contributed by atoms with Crippen LogP contribution in [0.2, 0.25) is 0 Å². The van der Waals surface area contributed by atoms with Crippen LogP contribution in [0.1, 0.15) is 44.4 Å². The lowest BCUT2D eigenvalue weighted by molar-refractivity contribution is -0.121. The van der Waals surface area contributed by atoms with Crippen LogP contribution in [0.3, 0.4) is 0 Å². The van der Waals surface area contributed by atoms with Crippen LogP contribution in [0.4, 0.5) is 10.6 Å². The second-order valence-corrected chi connectivity index (χ2v) is 8.10. The summed E-state index contributed by atoms with van der Waals surface area (Å²) in [5.74, 6) is 0.583. The van der Waals surface area contributed by atoms with Crippen molar-refractivity contribution in [3.63, 3.8) is 0 Å². The molecule has 1 aromatic heterocycles. The van der Waals surface area contributed by atoms with Gasteiger partial charge >= 0.3 is 6.03 Å². The van der Waals surface area contributed by atoms with E-state index >= 15 is 0 Å². The number of urea groups is 1. The van der Waals surface area contributed by atoms with Gasteiger partial charge in [-0.1, -0.05) is 18.2 Å². The number of amides is 3. The van der Waals surface area contributed by atoms with Gasteiger partial charge < -0.3 is 15.1 Å². The molecule has 1 aliphatic carbocycles. The van der Waals surface area contributed by atoms with Gasteiger partial charge in [0.25, 0.3) is 0 Å². The summed E-state index contributed by atoms with van der Waals surface area (Å²) in [6.07, 6.45) is 4.62. The van der Waals surface area contributed by atoms with Gasteiger partial charge in [-0.3, -0.25) is 4.79 Å². The third-order valence-corrected chi connectivity index (χ3v) is 6.25. The molecule has 1 aliphatic heterocycles. The molecule has 1 fully saturated rings. The van der Waals surface area contributed by atoms with E-state index in [9.17, 15) is 9.59 Å². The lowest BCUT2D eigenvalue weighted by Crippen LogP contribution is -2.49. The summed E-state index contributed by atoms with van der Waals surface area (Å²) in [4.78, 5) is 29.6. The van der Waals surface area contributed by atoms with E-state index < -0.39 is 0 Å². The molecule has 7 nitrogen and oxygen atoms in total. The topological polar surface area (TPSA) is 70.5 Å². The fourth-order valence-electron chi connectivity index (χ4n) is 4.55. The number of anilines is 1. The number of para-hydroxylation sites is 1. The minimum Gasteiger partial charge on any atom is -0.325 e. The van der Waals surface area contributed by atoms with Crippen molar-refractivity contribution in [2.45, 2.75) is 46.0 Å². The molecule has 1 saturated heterocycles. The largest absolute Gasteiger partial charge is 0.325 e. The first kappa shape index (κ1) is 20.4. The molecule has 3 amide bonds. The van der Waals surface area contributed by atoms with E-state index in [1.807, 2.05) is 58.7 Å². The number of nitrogens with zero attached hydrogens (tertiary/aromatic N) is 4. The zero-order valence-corrected chi connectivity index (χ0v) is 17.9. The van der Waals surface area contributed by atoms with Crippen molar-refractivity contribution in [2.24, 2.45) is 5.92 Å². The maximum absolute atomic E-state index is 13.2. The number of fused-ring (bicyclic) bond motifs is 1. The number of hydrogen-bond donors (Lipinski definition) is 1. The number of benzene rings is 1. The lowest BCUT2D eigenvalue weighted by Gasteiger charge is -2.35. The Morgan fingerprint density at radius 1 is 1.13 bits per heavy atom. The highest BCUT2D eigenvalue weighted by Gasteiger charge is 2.32. The Bertz CT molecular complexity index is 904. The van der Waals surface area contributed by atoms with Crippen molar-refractivity contribution in [2.75, 3.05) is 31.5 Å². The van der Waals surface area contributed by atoms with Gasteiger partial charge in [0.15, 0.2) is 0 Å². The molecule has 0 bridgehead atoms. The average molecular weight is 410 g/mol. The Balaban J connectivity index is 1.52. The molecule has 1 atom stereocenters. The first-order valence-corrected chi connectivity index (χ1v) is 11.1. The van der Waals surface area contributed by atoms with E-state index in [0.717, 1.165) is 61.4 Å². The monoisotopic (exact) mass is 409 g/mol. The van der Waals surface area contributed by atoms with Crippen molar-refractivity contribution >= 4 is 17.8 Å². The van der Waals surface area contributed by atoms with E-state index in [2.05, 4.69) is 5.32 Å². The number of hydrogen-bond acceptors (Lipinski definition) is 3. The van der Waals surface area contributed by atoms with Crippen LogP contribution in [-0.4, -0.2) is 57.7 Å². The van der Waals surface area contributed by atoms with Crippen LogP contribution in [0, 0.1) is 5.92 Å². The van der Waals surface area contributed by atoms with Crippen LogP contribution in [-0.2, 0) is 17.6 Å². The molecule has 0 spiro atoms. The summed E-state index contributed by atoms with van der Waals surface area (Å²) in [7, 11) is 0. The number of carbonyl (C=O) groups excluding carboxylic acids is 2. The molecule has 2 aliphatic rings. The van der Waals surface area contributed by atoms with Crippen molar-refractivity contribution < 1.29 is 9.59 Å². The van der Waals surface area contributed by atoms with Gasteiger partial charge in [0.1, 0.15) is 5.82 Å². The predicted octanol–water partition coefficient (Wildman–Crippen LogP) is 3.47. The highest BCUT2D eigenvalue weighted by Crippen LogP contribution is 2.31. The zero-order valence-electron chi connectivity index (χ0n) is 17.9. The van der Waals surface area contributed by atoms with Gasteiger partial charge in [-0.05, 0) is 58.1 Å². The third kappa shape index (κ3) is 3.93. The van der Waals surface area contributed by atoms with Gasteiger partial charge in [-0.2, -0.15) is 5.10 Å². The Morgan fingerprint density at radius 3 is 2.63 bits per heavy atom. The molecule has 1 aromatic carbocycles. The summed E-state index contributed by atoms with van der Waals surface area (Å²) < 4.78 is 1.86. The standard InChI is InChI=1S/C23H31N5O2/c1-3-26(4-2)23(30)27-15-9-10-17(16-27)22(29)24-21-19-13-8-14-20(19)25-28(21)18-11-6-5-7-12-18/h5-7,11-12,17H,3-4,8-10,13-16H2,1-2H3,(H,24,29). The van der Waals surface area contributed by atoms with Crippen molar-refractivity contribution in [1.82, 2.24) is 19.6 Å². The second kappa shape index (κ2) is 8.90. The van der Waals surface area contributed by atoms with Crippen LogP contribution >= 0.6 is 0 Å². The predicted molar refractivity (Wildman–Crippen MR) is 117 cm³/mol. The van der Waals surface area contributed by atoms with Gasteiger partial charge in [0.05, 0.1) is 17.3 Å². The highest BCUT2D eigenvalue weighted by atomic mass is 16.2. The summed E-state index contributed by atoms with van der Waals surface area (Å²) >= 11 is 0. The molecule has 160 valence electrons. The van der Waals surface area contributed by atoms with Crippen LogP contribution in [0.5, 0.6) is 0 Å². The first-order chi connectivity index (χ1) is 14.6. The third-order valence-electron chi connectivity index (χ3n) is 6.25. The fraction of sp³-hybridized carbons (Fsp3) is 0.522. The summed E-state index contributed by atoms with van der Waals surface area (Å²) in [6.45, 7) is 6.54. The molecule has 30 heavy (non-hydrogen) atoms. The molecule has 1 N–H and O–H groups in total. The van der Waals surface area contributed by atoms with Crippen LogP contribution in [0.25, 0.3) is 5.69 Å². The normalized spacial score (nSPS) is 18.2. The zero-order chi connectivity index (χ0) is 21.1. The quantitative estimate of drug-likeness (QED) is 0.822. The second-order valence-electron chi connectivity index (χ2n) is 8.10.